The third-order valence-electron chi connectivity index (χ3n) is 1.98. The quantitative estimate of drug-likeness (QED) is 0.129. The van der Waals surface area contributed by atoms with Crippen LogP contribution in [0, 0.1) is 40.5 Å². The van der Waals surface area contributed by atoms with Gasteiger partial charge in [-0.3, -0.25) is 35.1 Å². The summed E-state index contributed by atoms with van der Waals surface area (Å²) < 4.78 is 0. The molecule has 1 amide bonds. The lowest BCUT2D eigenvalue weighted by Gasteiger charge is -2.14. The Bertz CT molecular complexity index is 514. The number of rotatable bonds is 8. The highest BCUT2D eigenvalue weighted by Crippen LogP contribution is 2.14. The zero-order valence-corrected chi connectivity index (χ0v) is 9.67. The smallest absolute Gasteiger partial charge is 0.290 e. The van der Waals surface area contributed by atoms with E-state index in [0.29, 0.717) is 0 Å². The number of carbonyl (C=O) groups is 1. The van der Waals surface area contributed by atoms with Gasteiger partial charge in [0, 0.05) is 4.91 Å². The molecule has 0 rings (SSSR count). The van der Waals surface area contributed by atoms with Crippen molar-refractivity contribution in [3.63, 3.8) is 0 Å². The maximum absolute atomic E-state index is 10.9. The van der Waals surface area contributed by atoms with E-state index in [4.69, 9.17) is 5.53 Å². The van der Waals surface area contributed by atoms with Crippen molar-refractivity contribution in [2.75, 3.05) is 13.1 Å². The Balaban J connectivity index is 5.64. The van der Waals surface area contributed by atoms with E-state index < -0.39 is 49.6 Å². The van der Waals surface area contributed by atoms with E-state index in [1.54, 1.807) is 0 Å². The van der Waals surface area contributed by atoms with E-state index in [0.717, 1.165) is 0 Å². The van der Waals surface area contributed by atoms with Crippen molar-refractivity contribution in [1.82, 2.24) is 5.01 Å². The van der Waals surface area contributed by atoms with Crippen LogP contribution in [0.5, 0.6) is 0 Å². The molecule has 17 nitrogen and oxygen atoms in total. The molecule has 0 aliphatic heterocycles. The summed E-state index contributed by atoms with van der Waals surface area (Å²) in [6, 6.07) is 0. The Morgan fingerprint density at radius 3 is 1.81 bits per heavy atom. The molecule has 0 aliphatic carbocycles. The first-order valence-corrected chi connectivity index (χ1v) is 4.50. The van der Waals surface area contributed by atoms with Gasteiger partial charge in [0.1, 0.15) is 6.54 Å². The molecule has 0 N–H and O–H groups in total. The van der Waals surface area contributed by atoms with Gasteiger partial charge in [-0.05, 0) is 10.6 Å². The van der Waals surface area contributed by atoms with Crippen LogP contribution >= 0.6 is 0 Å². The average molecular weight is 308 g/mol. The molecule has 0 spiro atoms. The Kier molecular flexibility index (Phi) is 5.39. The van der Waals surface area contributed by atoms with Crippen molar-refractivity contribution in [2.45, 2.75) is 5.79 Å². The van der Waals surface area contributed by atoms with Crippen LogP contribution in [0.4, 0.5) is 0 Å². The number of azide groups is 1. The molecule has 114 valence electrons. The minimum absolute atomic E-state index is 0.467. The van der Waals surface area contributed by atoms with Gasteiger partial charge >= 0.3 is 5.79 Å². The van der Waals surface area contributed by atoms with E-state index in [-0.39, 0.29) is 0 Å². The predicted octanol–water partition coefficient (Wildman–Crippen LogP) is -1.20. The summed E-state index contributed by atoms with van der Waals surface area (Å²) in [6.07, 6.45) is 0. The molecule has 0 aromatic rings. The summed E-state index contributed by atoms with van der Waals surface area (Å²) in [5.74, 6) is -5.66. The number of amides is 1. The molecule has 0 saturated heterocycles. The lowest BCUT2D eigenvalue weighted by molar-refractivity contribution is -0.973. The zero-order chi connectivity index (χ0) is 16.8. The summed E-state index contributed by atoms with van der Waals surface area (Å²) in [5, 5.41) is 42.7. The minimum atomic E-state index is -4.15. The van der Waals surface area contributed by atoms with E-state index in [2.05, 4.69) is 5.11 Å². The van der Waals surface area contributed by atoms with Gasteiger partial charge in [0.05, 0.1) is 0 Å². The molecule has 0 aliphatic rings. The van der Waals surface area contributed by atoms with Crippen LogP contribution in [-0.2, 0) is 4.79 Å². The number of nitrogens with zero attached hydrogens (tertiary/aromatic N) is 8. The lowest BCUT2D eigenvalue weighted by atomic mass is 10.3. The van der Waals surface area contributed by atoms with Crippen LogP contribution in [0.15, 0.2) is 5.11 Å². The number of hydrogen-bond acceptors (Lipinski definition) is 9. The van der Waals surface area contributed by atoms with Crippen molar-refractivity contribution in [2.24, 2.45) is 5.11 Å². The Labute approximate surface area is 111 Å². The first-order chi connectivity index (χ1) is 9.59. The zero-order valence-electron chi connectivity index (χ0n) is 9.67. The molecule has 0 heterocycles. The highest BCUT2D eigenvalue weighted by molar-refractivity contribution is 5.78. The second kappa shape index (κ2) is 6.52. The van der Waals surface area contributed by atoms with Gasteiger partial charge in [-0.2, -0.15) is 0 Å². The summed E-state index contributed by atoms with van der Waals surface area (Å²) in [7, 11) is 0. The van der Waals surface area contributed by atoms with Gasteiger partial charge in [0.2, 0.25) is 5.91 Å². The van der Waals surface area contributed by atoms with Crippen molar-refractivity contribution in [1.29, 1.82) is 0 Å². The Hall–Kier alpha value is -3.62. The summed E-state index contributed by atoms with van der Waals surface area (Å²) in [6.45, 7) is -3.38. The molecule has 0 unspecified atom stereocenters. The van der Waals surface area contributed by atoms with Crippen molar-refractivity contribution < 1.29 is 24.6 Å². The molecule has 0 saturated carbocycles. The molecule has 21 heavy (non-hydrogen) atoms. The van der Waals surface area contributed by atoms with Crippen LogP contribution in [0.2, 0.25) is 0 Å². The Morgan fingerprint density at radius 2 is 1.52 bits per heavy atom. The van der Waals surface area contributed by atoms with Gasteiger partial charge in [-0.15, -0.1) is 0 Å². The Morgan fingerprint density at radius 1 is 1.10 bits per heavy atom. The average Bonchev–Trinajstić information content (AvgIpc) is 2.32. The van der Waals surface area contributed by atoms with Gasteiger partial charge in [0.25, 0.3) is 6.54 Å². The highest BCUT2D eigenvalue weighted by Gasteiger charge is 2.73. The first kappa shape index (κ1) is 17.4. The van der Waals surface area contributed by atoms with Gasteiger partial charge < -0.3 is 0 Å². The van der Waals surface area contributed by atoms with Crippen LogP contribution in [0.3, 0.4) is 0 Å². The molecule has 17 heteroatoms. The monoisotopic (exact) mass is 308 g/mol. The molecule has 0 aromatic carbocycles. The fourth-order valence-electron chi connectivity index (χ4n) is 1.03. The van der Waals surface area contributed by atoms with E-state index >= 15 is 0 Å². The fourth-order valence-corrected chi connectivity index (χ4v) is 1.03. The third-order valence-corrected chi connectivity index (χ3v) is 1.98. The predicted molar refractivity (Wildman–Crippen MR) is 56.4 cm³/mol. The number of hydrogen-bond donors (Lipinski definition) is 0. The lowest BCUT2D eigenvalue weighted by Crippen LogP contribution is -2.61. The maximum Gasteiger partial charge on any atom is 0.723 e. The number of nitro groups is 4. The molecule has 0 radical (unpaired) electrons. The number of hydrazine groups is 1. The molecule has 0 bridgehead atoms. The maximum atomic E-state index is 10.9. The molecule has 0 atom stereocenters. The van der Waals surface area contributed by atoms with Crippen molar-refractivity contribution in [3.8, 4) is 0 Å². The summed E-state index contributed by atoms with van der Waals surface area (Å²) >= 11 is 0. The normalized spacial score (nSPS) is 10.1. The standard InChI is InChI=1S/C4H4N8O9/c5-7-6-3(13)1-8(12(20)21)2-4(9(14)15,10(16)17)11(18)19/h1-2H2. The molecular formula is C4H4N8O9. The largest absolute Gasteiger partial charge is 0.723 e. The molecular weight excluding hydrogens is 304 g/mol. The van der Waals surface area contributed by atoms with Crippen molar-refractivity contribution >= 4 is 5.91 Å². The summed E-state index contributed by atoms with van der Waals surface area (Å²) in [5.41, 5.74) is 7.91. The SMILES string of the molecule is [N-]=[N+]=NC(=O)CN(CC([N+](=O)[O-])([N+](=O)[O-])[N+](=O)[O-])[N+](=O)[O-]. The molecule has 0 aromatic heterocycles. The van der Waals surface area contributed by atoms with Crippen LogP contribution in [0.1, 0.15) is 0 Å². The second-order valence-corrected chi connectivity index (χ2v) is 3.19. The van der Waals surface area contributed by atoms with Gasteiger partial charge in [-0.1, -0.05) is 5.01 Å². The van der Waals surface area contributed by atoms with Gasteiger partial charge in [0.15, 0.2) is 19.8 Å². The van der Waals surface area contributed by atoms with Crippen LogP contribution in [-0.4, -0.2) is 49.6 Å². The first-order valence-electron chi connectivity index (χ1n) is 4.50. The minimum Gasteiger partial charge on any atom is -0.290 e. The topological polar surface area (TPSA) is 242 Å². The highest BCUT2D eigenvalue weighted by atomic mass is 16.7. The fraction of sp³-hybridized carbons (Fsp3) is 0.750. The second-order valence-electron chi connectivity index (χ2n) is 3.19. The van der Waals surface area contributed by atoms with Crippen LogP contribution < -0.4 is 0 Å². The third kappa shape index (κ3) is 3.67. The van der Waals surface area contributed by atoms with Crippen molar-refractivity contribution in [3.05, 3.63) is 50.9 Å². The molecule has 0 fully saturated rings. The van der Waals surface area contributed by atoms with Gasteiger partial charge in [-0.25, -0.2) is 10.1 Å². The van der Waals surface area contributed by atoms with E-state index in [1.807, 2.05) is 4.91 Å². The number of carbonyl (C=O) groups excluding carboxylic acids is 1. The van der Waals surface area contributed by atoms with E-state index in [1.165, 1.54) is 0 Å². The summed E-state index contributed by atoms with van der Waals surface area (Å²) in [4.78, 5) is 49.3. The van der Waals surface area contributed by atoms with Crippen LogP contribution in [0.25, 0.3) is 10.4 Å². The van der Waals surface area contributed by atoms with E-state index in [9.17, 15) is 45.3 Å².